The lowest BCUT2D eigenvalue weighted by atomic mass is 10.1. The number of allylic oxidation sites excluding steroid dienone is 4. The van der Waals surface area contributed by atoms with E-state index in [9.17, 15) is 0 Å². The smallest absolute Gasteiger partial charge is 0.227 e. The normalized spacial score (nSPS) is 18.1. The van der Waals surface area contributed by atoms with E-state index >= 15 is 0 Å². The van der Waals surface area contributed by atoms with Crippen LogP contribution in [0, 0.1) is 0 Å². The van der Waals surface area contributed by atoms with E-state index in [2.05, 4.69) is 38.2 Å². The van der Waals surface area contributed by atoms with Crippen molar-refractivity contribution in [1.82, 2.24) is 4.98 Å². The van der Waals surface area contributed by atoms with Crippen molar-refractivity contribution in [2.24, 2.45) is 0 Å². The predicted molar refractivity (Wildman–Crippen MR) is 90.7 cm³/mol. The van der Waals surface area contributed by atoms with E-state index in [1.807, 2.05) is 30.3 Å². The summed E-state index contributed by atoms with van der Waals surface area (Å²) in [6, 6.07) is 10.1. The fourth-order valence-corrected chi connectivity index (χ4v) is 3.83. The summed E-state index contributed by atoms with van der Waals surface area (Å²) in [7, 11) is 0.644. The van der Waals surface area contributed by atoms with Gasteiger partial charge in [0.05, 0.1) is 5.69 Å². The molecule has 2 nitrogen and oxygen atoms in total. The van der Waals surface area contributed by atoms with Crippen LogP contribution >= 0.6 is 8.58 Å². The highest BCUT2D eigenvalue weighted by Crippen LogP contribution is 2.31. The highest BCUT2D eigenvalue weighted by atomic mass is 31.1. The molecule has 3 rings (SSSR count). The van der Waals surface area contributed by atoms with Crippen molar-refractivity contribution in [3.05, 3.63) is 60.3 Å². The number of hydrogen-bond acceptors (Lipinski definition) is 2. The minimum Gasteiger partial charge on any atom is -0.437 e. The summed E-state index contributed by atoms with van der Waals surface area (Å²) in [6.07, 6.45) is 9.83. The van der Waals surface area contributed by atoms with E-state index in [1.165, 1.54) is 0 Å². The van der Waals surface area contributed by atoms with Crippen molar-refractivity contribution in [3.63, 3.8) is 0 Å². The largest absolute Gasteiger partial charge is 0.437 e. The molecule has 0 saturated carbocycles. The number of nitrogens with zero attached hydrogens (tertiary/aromatic N) is 1. The van der Waals surface area contributed by atoms with E-state index in [1.54, 1.807) is 0 Å². The van der Waals surface area contributed by atoms with Crippen LogP contribution in [0.15, 0.2) is 59.1 Å². The number of rotatable bonds is 4. The first-order valence-corrected chi connectivity index (χ1v) is 8.48. The lowest BCUT2D eigenvalue weighted by Gasteiger charge is -2.12. The number of aromatic nitrogens is 1. The van der Waals surface area contributed by atoms with Gasteiger partial charge in [0.1, 0.15) is 5.50 Å². The molecule has 1 aromatic heterocycles. The standard InChI is InChI=1S/C18H20NOP/c1-13(2)16-18(21-15-11-7-4-8-12-15)20-17(19-16)14-9-5-3-6-10-14/h3-11,13,15,21H,12H2,1-2H3/t15-/m0/s1. The molecule has 0 bridgehead atoms. The Morgan fingerprint density at radius 3 is 2.67 bits per heavy atom. The van der Waals surface area contributed by atoms with Crippen molar-refractivity contribution in [2.45, 2.75) is 31.8 Å². The first kappa shape index (κ1) is 14.3. The summed E-state index contributed by atoms with van der Waals surface area (Å²) in [5.41, 5.74) is 3.77. The third-order valence-corrected chi connectivity index (χ3v) is 4.94. The Labute approximate surface area is 127 Å². The first-order valence-electron chi connectivity index (χ1n) is 7.40. The Bertz CT molecular complexity index is 655. The van der Waals surface area contributed by atoms with Crippen molar-refractivity contribution in [1.29, 1.82) is 0 Å². The zero-order valence-electron chi connectivity index (χ0n) is 12.4. The maximum atomic E-state index is 6.11. The van der Waals surface area contributed by atoms with E-state index < -0.39 is 0 Å². The fraction of sp³-hybridized carbons (Fsp3) is 0.278. The van der Waals surface area contributed by atoms with E-state index in [0.717, 1.165) is 29.1 Å². The molecule has 0 spiro atoms. The van der Waals surface area contributed by atoms with Crippen molar-refractivity contribution in [2.75, 3.05) is 0 Å². The second-order valence-corrected chi connectivity index (χ2v) is 7.04. The lowest BCUT2D eigenvalue weighted by molar-refractivity contribution is 0.606. The van der Waals surface area contributed by atoms with Crippen LogP contribution < -0.4 is 5.50 Å². The molecule has 1 aliphatic rings. The molecule has 2 aromatic rings. The first-order chi connectivity index (χ1) is 10.2. The van der Waals surface area contributed by atoms with Crippen molar-refractivity contribution in [3.8, 4) is 11.5 Å². The maximum absolute atomic E-state index is 6.11. The van der Waals surface area contributed by atoms with Crippen LogP contribution in [0.2, 0.25) is 0 Å². The summed E-state index contributed by atoms with van der Waals surface area (Å²) in [5.74, 6) is 1.13. The van der Waals surface area contributed by atoms with Gasteiger partial charge < -0.3 is 4.42 Å². The summed E-state index contributed by atoms with van der Waals surface area (Å²) >= 11 is 0. The molecule has 2 atom stereocenters. The summed E-state index contributed by atoms with van der Waals surface area (Å²) in [6.45, 7) is 4.36. The Kier molecular flexibility index (Phi) is 4.36. The topological polar surface area (TPSA) is 26.0 Å². The molecule has 1 aliphatic carbocycles. The highest BCUT2D eigenvalue weighted by molar-refractivity contribution is 7.47. The number of hydrogen-bond donors (Lipinski definition) is 0. The zero-order chi connectivity index (χ0) is 14.7. The molecule has 1 aromatic carbocycles. The van der Waals surface area contributed by atoms with Crippen LogP contribution in [0.3, 0.4) is 0 Å². The molecule has 21 heavy (non-hydrogen) atoms. The molecule has 0 N–H and O–H groups in total. The predicted octanol–water partition coefficient (Wildman–Crippen LogP) is 4.65. The average molecular weight is 297 g/mol. The van der Waals surface area contributed by atoms with Gasteiger partial charge in [-0.1, -0.05) is 56.4 Å². The highest BCUT2D eigenvalue weighted by Gasteiger charge is 2.19. The minimum absolute atomic E-state index is 0.386. The van der Waals surface area contributed by atoms with Gasteiger partial charge in [-0.15, -0.1) is 0 Å². The Morgan fingerprint density at radius 2 is 2.00 bits per heavy atom. The van der Waals surface area contributed by atoms with Gasteiger partial charge >= 0.3 is 0 Å². The van der Waals surface area contributed by atoms with Crippen LogP contribution in [-0.4, -0.2) is 10.6 Å². The summed E-state index contributed by atoms with van der Waals surface area (Å²) in [4.78, 5) is 4.74. The van der Waals surface area contributed by atoms with Gasteiger partial charge in [-0.25, -0.2) is 4.98 Å². The molecule has 1 heterocycles. The van der Waals surface area contributed by atoms with Gasteiger partial charge in [0.25, 0.3) is 0 Å². The molecular formula is C18H20NOP. The van der Waals surface area contributed by atoms with Crippen molar-refractivity contribution < 1.29 is 4.42 Å². The Morgan fingerprint density at radius 1 is 1.19 bits per heavy atom. The Hall–Kier alpha value is -1.66. The van der Waals surface area contributed by atoms with Crippen molar-refractivity contribution >= 4 is 14.1 Å². The number of oxazole rings is 1. The SMILES string of the molecule is CC(C)c1nc(-c2ccccc2)oc1P[C@H]1C=CC=CC1. The monoisotopic (exact) mass is 297 g/mol. The second-order valence-electron chi connectivity index (χ2n) is 5.55. The average Bonchev–Trinajstić information content (AvgIpc) is 2.93. The third-order valence-electron chi connectivity index (χ3n) is 3.52. The van der Waals surface area contributed by atoms with Gasteiger partial charge in [0.15, 0.2) is 0 Å². The molecule has 0 radical (unpaired) electrons. The van der Waals surface area contributed by atoms with Crippen LogP contribution in [0.1, 0.15) is 31.9 Å². The third kappa shape index (κ3) is 3.33. The van der Waals surface area contributed by atoms with Gasteiger partial charge in [-0.2, -0.15) is 0 Å². The molecule has 0 saturated heterocycles. The minimum atomic E-state index is 0.386. The summed E-state index contributed by atoms with van der Waals surface area (Å²) in [5, 5.41) is 0. The maximum Gasteiger partial charge on any atom is 0.227 e. The van der Waals surface area contributed by atoms with Gasteiger partial charge in [-0.05, 0) is 33.1 Å². The van der Waals surface area contributed by atoms with Gasteiger partial charge in [0, 0.05) is 11.2 Å². The molecule has 0 fully saturated rings. The van der Waals surface area contributed by atoms with Gasteiger partial charge in [-0.3, -0.25) is 0 Å². The quantitative estimate of drug-likeness (QED) is 0.767. The lowest BCUT2D eigenvalue weighted by Crippen LogP contribution is -2.08. The van der Waals surface area contributed by atoms with Crippen LogP contribution in [0.5, 0.6) is 0 Å². The zero-order valence-corrected chi connectivity index (χ0v) is 13.4. The van der Waals surface area contributed by atoms with Crippen LogP contribution in [0.4, 0.5) is 0 Å². The molecule has 3 heteroatoms. The molecule has 108 valence electrons. The van der Waals surface area contributed by atoms with Gasteiger partial charge in [0.2, 0.25) is 5.89 Å². The molecule has 0 amide bonds. The van der Waals surface area contributed by atoms with E-state index in [-0.39, 0.29) is 0 Å². The van der Waals surface area contributed by atoms with Crippen LogP contribution in [-0.2, 0) is 0 Å². The van der Waals surface area contributed by atoms with E-state index in [0.29, 0.717) is 20.2 Å². The number of benzene rings is 1. The van der Waals surface area contributed by atoms with Crippen LogP contribution in [0.25, 0.3) is 11.5 Å². The molecular weight excluding hydrogens is 277 g/mol. The summed E-state index contributed by atoms with van der Waals surface area (Å²) < 4.78 is 6.11. The Balaban J connectivity index is 1.90. The molecule has 0 aliphatic heterocycles. The fourth-order valence-electron chi connectivity index (χ4n) is 2.39. The second kappa shape index (κ2) is 6.41. The molecule has 1 unspecified atom stereocenters. The van der Waals surface area contributed by atoms with E-state index in [4.69, 9.17) is 9.40 Å².